The molecular weight excluding hydrogens is 357 g/mol. The van der Waals surface area contributed by atoms with E-state index in [1.807, 2.05) is 48.2 Å². The Hall–Kier alpha value is -2.99. The lowest BCUT2D eigenvalue weighted by atomic mass is 10.1. The molecule has 2 heterocycles. The summed E-state index contributed by atoms with van der Waals surface area (Å²) in [6.45, 7) is 3.88. The normalized spacial score (nSPS) is 17.9. The molecule has 1 aliphatic heterocycles. The maximum Gasteiger partial charge on any atom is 0.244 e. The molecule has 144 valence electrons. The number of aromatic nitrogens is 1. The zero-order valence-electron chi connectivity index (χ0n) is 15.9. The third-order valence-electron chi connectivity index (χ3n) is 5.24. The molecule has 2 aromatic carbocycles. The lowest BCUT2D eigenvalue weighted by Gasteiger charge is -2.39. The molecule has 0 bridgehead atoms. The summed E-state index contributed by atoms with van der Waals surface area (Å²) in [6.07, 6.45) is 0. The number of pyridine rings is 1. The maximum atomic E-state index is 13.3. The van der Waals surface area contributed by atoms with Crippen LogP contribution in [-0.4, -0.2) is 42.0 Å². The number of nitrogens with zero attached hydrogens (tertiary/aromatic N) is 3. The molecule has 1 aromatic heterocycles. The number of fused-ring (bicyclic) bond motifs is 1. The molecule has 0 radical (unpaired) electrons. The van der Waals surface area contributed by atoms with Gasteiger partial charge in [-0.3, -0.25) is 14.7 Å². The molecule has 0 unspecified atom stereocenters. The zero-order chi connectivity index (χ0) is 19.7. The fourth-order valence-electron chi connectivity index (χ4n) is 3.58. The smallest absolute Gasteiger partial charge is 0.244 e. The number of hydrogen-bond donors (Lipinski definition) is 0. The van der Waals surface area contributed by atoms with Crippen molar-refractivity contribution in [3.05, 3.63) is 66.1 Å². The van der Waals surface area contributed by atoms with Gasteiger partial charge in [0.25, 0.3) is 0 Å². The van der Waals surface area contributed by atoms with Crippen LogP contribution < -0.4 is 9.64 Å². The largest absolute Gasteiger partial charge is 0.497 e. The predicted molar refractivity (Wildman–Crippen MR) is 107 cm³/mol. The second-order valence-corrected chi connectivity index (χ2v) is 6.97. The van der Waals surface area contributed by atoms with Crippen LogP contribution in [-0.2, 0) is 11.3 Å². The molecule has 1 atom stereocenters. The fourth-order valence-corrected chi connectivity index (χ4v) is 3.58. The van der Waals surface area contributed by atoms with Crippen molar-refractivity contribution in [2.45, 2.75) is 19.5 Å². The van der Waals surface area contributed by atoms with Crippen molar-refractivity contribution in [3.8, 4) is 5.75 Å². The Morgan fingerprint density at radius 2 is 1.89 bits per heavy atom. The Morgan fingerprint density at radius 1 is 1.11 bits per heavy atom. The van der Waals surface area contributed by atoms with Crippen molar-refractivity contribution >= 4 is 22.5 Å². The number of anilines is 1. The Balaban J connectivity index is 1.48. The summed E-state index contributed by atoms with van der Waals surface area (Å²) >= 11 is 0. The number of hydrogen-bond acceptors (Lipinski definition) is 4. The van der Waals surface area contributed by atoms with Gasteiger partial charge in [-0.05, 0) is 55.5 Å². The van der Waals surface area contributed by atoms with E-state index in [9.17, 15) is 9.18 Å². The van der Waals surface area contributed by atoms with E-state index >= 15 is 0 Å². The molecule has 5 nitrogen and oxygen atoms in total. The number of amides is 1. The summed E-state index contributed by atoms with van der Waals surface area (Å²) in [6, 6.07) is 15.6. The van der Waals surface area contributed by atoms with Crippen LogP contribution in [0.4, 0.5) is 10.1 Å². The zero-order valence-corrected chi connectivity index (χ0v) is 15.9. The molecule has 1 aliphatic rings. The van der Waals surface area contributed by atoms with Crippen molar-refractivity contribution in [2.24, 2.45) is 0 Å². The van der Waals surface area contributed by atoms with Gasteiger partial charge in [0, 0.05) is 30.7 Å². The van der Waals surface area contributed by atoms with Gasteiger partial charge in [-0.1, -0.05) is 6.07 Å². The minimum atomic E-state index is -0.268. The molecule has 0 N–H and O–H groups in total. The molecule has 1 fully saturated rings. The van der Waals surface area contributed by atoms with E-state index in [1.54, 1.807) is 13.2 Å². The first-order chi connectivity index (χ1) is 13.5. The van der Waals surface area contributed by atoms with E-state index in [1.165, 1.54) is 12.1 Å². The highest BCUT2D eigenvalue weighted by atomic mass is 19.1. The summed E-state index contributed by atoms with van der Waals surface area (Å²) < 4.78 is 18.5. The van der Waals surface area contributed by atoms with Gasteiger partial charge in [0.15, 0.2) is 0 Å². The van der Waals surface area contributed by atoms with Crippen LogP contribution in [0.15, 0.2) is 54.6 Å². The fraction of sp³-hybridized carbons (Fsp3) is 0.273. The van der Waals surface area contributed by atoms with E-state index in [2.05, 4.69) is 9.88 Å². The van der Waals surface area contributed by atoms with Crippen LogP contribution >= 0.6 is 0 Å². The first-order valence-electron chi connectivity index (χ1n) is 9.30. The van der Waals surface area contributed by atoms with E-state index in [-0.39, 0.29) is 17.8 Å². The third-order valence-corrected chi connectivity index (χ3v) is 5.24. The van der Waals surface area contributed by atoms with Crippen LogP contribution in [0.1, 0.15) is 12.6 Å². The Morgan fingerprint density at radius 3 is 2.64 bits per heavy atom. The Kier molecular flexibility index (Phi) is 4.96. The Bertz CT molecular complexity index is 1010. The van der Waals surface area contributed by atoms with E-state index < -0.39 is 0 Å². The predicted octanol–water partition coefficient (Wildman–Crippen LogP) is 3.62. The SMILES string of the molecule is COc1ccc(N2CCN(Cc3ccc4cc(F)ccc4n3)[C@@H](C)C2=O)cc1. The first-order valence-corrected chi connectivity index (χ1v) is 9.30. The Labute approximate surface area is 163 Å². The van der Waals surface area contributed by atoms with Crippen molar-refractivity contribution in [2.75, 3.05) is 25.1 Å². The van der Waals surface area contributed by atoms with Crippen LogP contribution in [0.2, 0.25) is 0 Å². The summed E-state index contributed by atoms with van der Waals surface area (Å²) in [5, 5.41) is 0.775. The number of methoxy groups -OCH3 is 1. The van der Waals surface area contributed by atoms with Gasteiger partial charge in [0.2, 0.25) is 5.91 Å². The summed E-state index contributed by atoms with van der Waals surface area (Å²) in [7, 11) is 1.62. The van der Waals surface area contributed by atoms with Gasteiger partial charge in [-0.25, -0.2) is 4.39 Å². The number of rotatable bonds is 4. The monoisotopic (exact) mass is 379 g/mol. The van der Waals surface area contributed by atoms with E-state index in [4.69, 9.17) is 4.74 Å². The molecule has 4 rings (SSSR count). The number of benzene rings is 2. The summed E-state index contributed by atoms with van der Waals surface area (Å²) in [4.78, 5) is 21.5. The molecule has 6 heteroatoms. The molecule has 0 saturated carbocycles. The van der Waals surface area contributed by atoms with Gasteiger partial charge < -0.3 is 9.64 Å². The molecule has 0 aliphatic carbocycles. The van der Waals surface area contributed by atoms with E-state index in [0.717, 1.165) is 34.6 Å². The van der Waals surface area contributed by atoms with E-state index in [0.29, 0.717) is 13.1 Å². The number of ether oxygens (including phenoxy) is 1. The molecule has 0 spiro atoms. The lowest BCUT2D eigenvalue weighted by Crippen LogP contribution is -2.55. The van der Waals surface area contributed by atoms with Crippen LogP contribution in [0.5, 0.6) is 5.75 Å². The quantitative estimate of drug-likeness (QED) is 0.695. The average molecular weight is 379 g/mol. The van der Waals surface area contributed by atoms with Crippen LogP contribution in [0, 0.1) is 5.82 Å². The third kappa shape index (κ3) is 3.55. The number of piperazine rings is 1. The summed E-state index contributed by atoms with van der Waals surface area (Å²) in [5.41, 5.74) is 2.51. The minimum absolute atomic E-state index is 0.0688. The second kappa shape index (κ2) is 7.56. The van der Waals surface area contributed by atoms with Gasteiger partial charge in [0.1, 0.15) is 11.6 Å². The van der Waals surface area contributed by atoms with Crippen LogP contribution in [0.3, 0.4) is 0 Å². The van der Waals surface area contributed by atoms with Gasteiger partial charge in [0.05, 0.1) is 24.4 Å². The van der Waals surface area contributed by atoms with Gasteiger partial charge in [-0.15, -0.1) is 0 Å². The van der Waals surface area contributed by atoms with Gasteiger partial charge in [-0.2, -0.15) is 0 Å². The number of halogens is 1. The molecular formula is C22H22FN3O2. The standard InChI is InChI=1S/C22H22FN3O2/c1-15-22(27)26(19-6-8-20(28-2)9-7-19)12-11-25(15)14-18-5-3-16-13-17(23)4-10-21(16)24-18/h3-10,13,15H,11-12,14H2,1-2H3/t15-/m0/s1. The van der Waals surface area contributed by atoms with Crippen molar-refractivity contribution in [1.82, 2.24) is 9.88 Å². The van der Waals surface area contributed by atoms with Crippen LogP contribution in [0.25, 0.3) is 10.9 Å². The summed E-state index contributed by atoms with van der Waals surface area (Å²) in [5.74, 6) is 0.570. The van der Waals surface area contributed by atoms with Crippen molar-refractivity contribution < 1.29 is 13.9 Å². The molecule has 1 saturated heterocycles. The highest BCUT2D eigenvalue weighted by Gasteiger charge is 2.32. The highest BCUT2D eigenvalue weighted by Crippen LogP contribution is 2.24. The van der Waals surface area contributed by atoms with Crippen molar-refractivity contribution in [1.29, 1.82) is 0 Å². The van der Waals surface area contributed by atoms with Gasteiger partial charge >= 0.3 is 0 Å². The second-order valence-electron chi connectivity index (χ2n) is 6.97. The topological polar surface area (TPSA) is 45.7 Å². The minimum Gasteiger partial charge on any atom is -0.497 e. The lowest BCUT2D eigenvalue weighted by molar-refractivity contribution is -0.125. The highest BCUT2D eigenvalue weighted by molar-refractivity contribution is 5.97. The first kappa shape index (κ1) is 18.4. The molecule has 1 amide bonds. The number of carbonyl (C=O) groups excluding carboxylic acids is 1. The number of carbonyl (C=O) groups is 1. The van der Waals surface area contributed by atoms with Crippen molar-refractivity contribution in [3.63, 3.8) is 0 Å². The molecule has 3 aromatic rings. The average Bonchev–Trinajstić information content (AvgIpc) is 2.72. The maximum absolute atomic E-state index is 13.3. The molecule has 28 heavy (non-hydrogen) atoms.